The Labute approximate surface area is 118 Å². The van der Waals surface area contributed by atoms with Crippen molar-refractivity contribution in [3.63, 3.8) is 0 Å². The van der Waals surface area contributed by atoms with Crippen molar-refractivity contribution in [1.82, 2.24) is 0 Å². The average Bonchev–Trinajstić information content (AvgIpc) is 3.01. The summed E-state index contributed by atoms with van der Waals surface area (Å²) in [5.41, 5.74) is 12.5. The summed E-state index contributed by atoms with van der Waals surface area (Å²) in [5.74, 6) is 0.336. The molecule has 2 heteroatoms. The molecule has 0 amide bonds. The summed E-state index contributed by atoms with van der Waals surface area (Å²) in [7, 11) is 0. The second kappa shape index (κ2) is 4.36. The third-order valence-electron chi connectivity index (χ3n) is 4.09. The predicted octanol–water partition coefficient (Wildman–Crippen LogP) is 3.95. The van der Waals surface area contributed by atoms with Crippen LogP contribution < -0.4 is 11.1 Å². The summed E-state index contributed by atoms with van der Waals surface area (Å²) >= 11 is 0. The highest BCUT2D eigenvalue weighted by atomic mass is 15.0. The number of para-hydroxylation sites is 1. The van der Waals surface area contributed by atoms with Crippen LogP contribution in [0.3, 0.4) is 0 Å². The molecule has 1 aliphatic heterocycles. The smallest absolute Gasteiger partial charge is 0.102 e. The molecular weight excluding hydrogens is 244 g/mol. The SMILES string of the molecule is NC1Nc2ccccc2-c2cccc(C3C=CC=C3)c21. The number of nitrogens with two attached hydrogens (primary N) is 1. The van der Waals surface area contributed by atoms with E-state index in [2.05, 4.69) is 66.0 Å². The number of anilines is 1. The van der Waals surface area contributed by atoms with Crippen molar-refractivity contribution in [2.24, 2.45) is 5.73 Å². The van der Waals surface area contributed by atoms with E-state index in [4.69, 9.17) is 5.73 Å². The van der Waals surface area contributed by atoms with Gasteiger partial charge in [0.2, 0.25) is 0 Å². The topological polar surface area (TPSA) is 38.0 Å². The number of benzene rings is 2. The van der Waals surface area contributed by atoms with Crippen LogP contribution >= 0.6 is 0 Å². The standard InChI is InChI=1S/C18H16N2/c19-18-17-13(12-6-1-2-7-12)9-5-10-15(17)14-8-3-4-11-16(14)20-18/h1-12,18,20H,19H2. The number of allylic oxidation sites excluding steroid dienone is 4. The van der Waals surface area contributed by atoms with Crippen molar-refractivity contribution in [2.45, 2.75) is 12.1 Å². The van der Waals surface area contributed by atoms with Crippen LogP contribution in [0.15, 0.2) is 66.8 Å². The number of rotatable bonds is 1. The van der Waals surface area contributed by atoms with Crippen LogP contribution in [0.4, 0.5) is 5.69 Å². The molecular formula is C18H16N2. The molecule has 0 fully saturated rings. The van der Waals surface area contributed by atoms with Gasteiger partial charge in [-0.3, -0.25) is 0 Å². The zero-order chi connectivity index (χ0) is 13.5. The lowest BCUT2D eigenvalue weighted by Gasteiger charge is -2.30. The van der Waals surface area contributed by atoms with Crippen LogP contribution in [0.5, 0.6) is 0 Å². The molecule has 20 heavy (non-hydrogen) atoms. The molecule has 2 aliphatic rings. The molecule has 1 aliphatic carbocycles. The Morgan fingerprint density at radius 1 is 0.850 bits per heavy atom. The van der Waals surface area contributed by atoms with Crippen molar-refractivity contribution in [3.05, 3.63) is 77.9 Å². The van der Waals surface area contributed by atoms with Crippen molar-refractivity contribution in [3.8, 4) is 11.1 Å². The third-order valence-corrected chi connectivity index (χ3v) is 4.09. The Balaban J connectivity index is 1.96. The highest BCUT2D eigenvalue weighted by Gasteiger charge is 2.25. The second-order valence-corrected chi connectivity index (χ2v) is 5.27. The summed E-state index contributed by atoms with van der Waals surface area (Å²) in [6, 6.07) is 14.8. The van der Waals surface area contributed by atoms with Crippen LogP contribution in [0.2, 0.25) is 0 Å². The van der Waals surface area contributed by atoms with E-state index in [9.17, 15) is 0 Å². The zero-order valence-corrected chi connectivity index (χ0v) is 11.1. The molecule has 0 saturated carbocycles. The first-order valence-corrected chi connectivity index (χ1v) is 6.94. The molecule has 0 aromatic heterocycles. The molecule has 0 radical (unpaired) electrons. The fourth-order valence-corrected chi connectivity index (χ4v) is 3.18. The first-order chi connectivity index (χ1) is 9.84. The summed E-state index contributed by atoms with van der Waals surface area (Å²) < 4.78 is 0. The summed E-state index contributed by atoms with van der Waals surface area (Å²) in [5, 5.41) is 3.41. The summed E-state index contributed by atoms with van der Waals surface area (Å²) in [6.07, 6.45) is 8.46. The monoisotopic (exact) mass is 260 g/mol. The van der Waals surface area contributed by atoms with E-state index in [-0.39, 0.29) is 6.17 Å². The van der Waals surface area contributed by atoms with E-state index in [0.29, 0.717) is 5.92 Å². The Morgan fingerprint density at radius 2 is 1.60 bits per heavy atom. The van der Waals surface area contributed by atoms with Gasteiger partial charge in [-0.05, 0) is 17.2 Å². The van der Waals surface area contributed by atoms with Gasteiger partial charge in [0, 0.05) is 22.7 Å². The molecule has 2 aromatic rings. The quantitative estimate of drug-likeness (QED) is 0.815. The van der Waals surface area contributed by atoms with Crippen molar-refractivity contribution in [2.75, 3.05) is 5.32 Å². The minimum Gasteiger partial charge on any atom is -0.366 e. The Kier molecular flexibility index (Phi) is 2.51. The van der Waals surface area contributed by atoms with Gasteiger partial charge in [-0.2, -0.15) is 0 Å². The number of nitrogens with one attached hydrogen (secondary N) is 1. The predicted molar refractivity (Wildman–Crippen MR) is 83.5 cm³/mol. The highest BCUT2D eigenvalue weighted by molar-refractivity contribution is 5.84. The highest BCUT2D eigenvalue weighted by Crippen LogP contribution is 2.42. The fraction of sp³-hybridized carbons (Fsp3) is 0.111. The third kappa shape index (κ3) is 1.62. The van der Waals surface area contributed by atoms with E-state index < -0.39 is 0 Å². The lowest BCUT2D eigenvalue weighted by atomic mass is 9.85. The molecule has 4 rings (SSSR count). The van der Waals surface area contributed by atoms with Crippen molar-refractivity contribution >= 4 is 5.69 Å². The number of hydrogen-bond donors (Lipinski definition) is 2. The Bertz CT molecular complexity index is 716. The first kappa shape index (κ1) is 11.5. The zero-order valence-electron chi connectivity index (χ0n) is 11.1. The van der Waals surface area contributed by atoms with E-state index in [0.717, 1.165) is 5.69 Å². The fourth-order valence-electron chi connectivity index (χ4n) is 3.18. The largest absolute Gasteiger partial charge is 0.366 e. The normalized spacial score (nSPS) is 19.6. The molecule has 0 bridgehead atoms. The minimum atomic E-state index is -0.154. The molecule has 1 heterocycles. The maximum absolute atomic E-state index is 6.37. The molecule has 1 unspecified atom stereocenters. The molecule has 1 atom stereocenters. The van der Waals surface area contributed by atoms with Gasteiger partial charge in [-0.15, -0.1) is 0 Å². The first-order valence-electron chi connectivity index (χ1n) is 6.94. The average molecular weight is 260 g/mol. The lowest BCUT2D eigenvalue weighted by Crippen LogP contribution is -2.26. The van der Waals surface area contributed by atoms with Gasteiger partial charge >= 0.3 is 0 Å². The van der Waals surface area contributed by atoms with Crippen LogP contribution in [0.25, 0.3) is 11.1 Å². The van der Waals surface area contributed by atoms with Gasteiger partial charge in [0.25, 0.3) is 0 Å². The minimum absolute atomic E-state index is 0.154. The lowest BCUT2D eigenvalue weighted by molar-refractivity contribution is 0.808. The maximum Gasteiger partial charge on any atom is 0.102 e. The van der Waals surface area contributed by atoms with Gasteiger partial charge < -0.3 is 11.1 Å². The van der Waals surface area contributed by atoms with Gasteiger partial charge in [0.1, 0.15) is 6.17 Å². The van der Waals surface area contributed by atoms with Crippen LogP contribution in [-0.4, -0.2) is 0 Å². The molecule has 0 spiro atoms. The van der Waals surface area contributed by atoms with Gasteiger partial charge in [-0.1, -0.05) is 60.7 Å². The number of hydrogen-bond acceptors (Lipinski definition) is 2. The van der Waals surface area contributed by atoms with E-state index in [1.54, 1.807) is 0 Å². The van der Waals surface area contributed by atoms with Gasteiger partial charge in [0.15, 0.2) is 0 Å². The Morgan fingerprint density at radius 3 is 2.45 bits per heavy atom. The van der Waals surface area contributed by atoms with E-state index >= 15 is 0 Å². The summed E-state index contributed by atoms with van der Waals surface area (Å²) in [6.45, 7) is 0. The second-order valence-electron chi connectivity index (χ2n) is 5.27. The molecule has 3 N–H and O–H groups in total. The van der Waals surface area contributed by atoms with Crippen molar-refractivity contribution < 1.29 is 0 Å². The molecule has 98 valence electrons. The van der Waals surface area contributed by atoms with Crippen LogP contribution in [0.1, 0.15) is 23.2 Å². The van der Waals surface area contributed by atoms with Crippen LogP contribution in [-0.2, 0) is 0 Å². The maximum atomic E-state index is 6.37. The molecule has 2 aromatic carbocycles. The summed E-state index contributed by atoms with van der Waals surface area (Å²) in [4.78, 5) is 0. The van der Waals surface area contributed by atoms with Gasteiger partial charge in [-0.25, -0.2) is 0 Å². The number of fused-ring (bicyclic) bond motifs is 3. The molecule has 0 saturated heterocycles. The van der Waals surface area contributed by atoms with Gasteiger partial charge in [0.05, 0.1) is 0 Å². The van der Waals surface area contributed by atoms with Crippen molar-refractivity contribution in [1.29, 1.82) is 0 Å². The molecule has 2 nitrogen and oxygen atoms in total. The van der Waals surface area contributed by atoms with E-state index in [1.165, 1.54) is 22.3 Å². The van der Waals surface area contributed by atoms with E-state index in [1.807, 2.05) is 6.07 Å². The van der Waals surface area contributed by atoms with Crippen LogP contribution in [0, 0.1) is 0 Å². The Hall–Kier alpha value is -2.32.